The summed E-state index contributed by atoms with van der Waals surface area (Å²) >= 11 is 0. The summed E-state index contributed by atoms with van der Waals surface area (Å²) in [6.07, 6.45) is 0. The zero-order valence-corrected chi connectivity index (χ0v) is 9.62. The van der Waals surface area contributed by atoms with Gasteiger partial charge in [-0.2, -0.15) is 0 Å². The minimum absolute atomic E-state index is 0.132. The van der Waals surface area contributed by atoms with Gasteiger partial charge in [0.05, 0.1) is 6.61 Å². The van der Waals surface area contributed by atoms with Crippen molar-refractivity contribution in [3.8, 4) is 0 Å². The third-order valence-corrected chi connectivity index (χ3v) is 2.65. The summed E-state index contributed by atoms with van der Waals surface area (Å²) in [5.74, 6) is -0.255. The van der Waals surface area contributed by atoms with Gasteiger partial charge in [-0.15, -0.1) is 0 Å². The molecule has 4 heteroatoms. The van der Waals surface area contributed by atoms with Gasteiger partial charge in [0.15, 0.2) is 0 Å². The third-order valence-electron chi connectivity index (χ3n) is 2.65. The monoisotopic (exact) mass is 226 g/mol. The number of halogens is 1. The molecule has 1 aromatic carbocycles. The van der Waals surface area contributed by atoms with Crippen molar-refractivity contribution in [2.45, 2.75) is 20.0 Å². The lowest BCUT2D eigenvalue weighted by Crippen LogP contribution is -2.26. The van der Waals surface area contributed by atoms with Crippen LogP contribution in [0.1, 0.15) is 18.1 Å². The number of likely N-dealkylation sites (N-methyl/N-ethyl adjacent to an activating group) is 1. The van der Waals surface area contributed by atoms with E-state index in [1.807, 2.05) is 6.92 Å². The molecule has 0 radical (unpaired) electrons. The molecule has 0 heterocycles. The van der Waals surface area contributed by atoms with E-state index in [2.05, 4.69) is 4.90 Å². The molecule has 0 aliphatic heterocycles. The maximum atomic E-state index is 13.0. The van der Waals surface area contributed by atoms with Crippen molar-refractivity contribution in [1.29, 1.82) is 0 Å². The van der Waals surface area contributed by atoms with Crippen LogP contribution in [0.3, 0.4) is 0 Å². The molecule has 16 heavy (non-hydrogen) atoms. The topological polar surface area (TPSA) is 49.5 Å². The summed E-state index contributed by atoms with van der Waals surface area (Å²) in [6.45, 7) is 4.67. The minimum atomic E-state index is -0.255. The maximum absolute atomic E-state index is 13.0. The van der Waals surface area contributed by atoms with Crippen molar-refractivity contribution >= 4 is 0 Å². The zero-order valence-electron chi connectivity index (χ0n) is 9.62. The van der Waals surface area contributed by atoms with Crippen molar-refractivity contribution in [3.05, 3.63) is 35.1 Å². The highest BCUT2D eigenvalue weighted by atomic mass is 19.1. The van der Waals surface area contributed by atoms with Crippen molar-refractivity contribution in [3.63, 3.8) is 0 Å². The number of aliphatic hydroxyl groups excluding tert-OH is 1. The number of rotatable bonds is 6. The predicted octanol–water partition coefficient (Wildman–Crippen LogP) is 1.10. The van der Waals surface area contributed by atoms with E-state index in [1.54, 1.807) is 6.07 Å². The van der Waals surface area contributed by atoms with E-state index in [1.165, 1.54) is 12.1 Å². The quantitative estimate of drug-likeness (QED) is 0.763. The second-order valence-corrected chi connectivity index (χ2v) is 3.71. The molecular weight excluding hydrogens is 207 g/mol. The summed E-state index contributed by atoms with van der Waals surface area (Å²) in [5.41, 5.74) is 7.43. The first kappa shape index (κ1) is 13.1. The zero-order chi connectivity index (χ0) is 12.0. The van der Waals surface area contributed by atoms with Crippen LogP contribution in [0.15, 0.2) is 18.2 Å². The highest BCUT2D eigenvalue weighted by molar-refractivity contribution is 5.27. The highest BCUT2D eigenvalue weighted by Gasteiger charge is 2.07. The predicted molar refractivity (Wildman–Crippen MR) is 62.3 cm³/mol. The van der Waals surface area contributed by atoms with Crippen molar-refractivity contribution in [2.24, 2.45) is 5.73 Å². The second kappa shape index (κ2) is 6.58. The largest absolute Gasteiger partial charge is 0.395 e. The van der Waals surface area contributed by atoms with Crippen LogP contribution in [-0.2, 0) is 13.1 Å². The average molecular weight is 226 g/mol. The lowest BCUT2D eigenvalue weighted by atomic mass is 10.1. The molecule has 0 saturated heterocycles. The fourth-order valence-electron chi connectivity index (χ4n) is 1.67. The molecule has 0 spiro atoms. The molecule has 0 bridgehead atoms. The van der Waals surface area contributed by atoms with Crippen LogP contribution in [-0.4, -0.2) is 29.7 Å². The fourth-order valence-corrected chi connectivity index (χ4v) is 1.67. The Balaban J connectivity index is 2.78. The van der Waals surface area contributed by atoms with Gasteiger partial charge in [-0.05, 0) is 29.8 Å². The normalized spacial score (nSPS) is 11.1. The van der Waals surface area contributed by atoms with Crippen LogP contribution in [0.2, 0.25) is 0 Å². The van der Waals surface area contributed by atoms with Gasteiger partial charge in [0, 0.05) is 19.6 Å². The molecule has 1 aromatic rings. The Bertz CT molecular complexity index is 331. The molecule has 0 saturated carbocycles. The lowest BCUT2D eigenvalue weighted by Gasteiger charge is -2.20. The van der Waals surface area contributed by atoms with Gasteiger partial charge < -0.3 is 10.8 Å². The van der Waals surface area contributed by atoms with Crippen LogP contribution in [0, 0.1) is 5.82 Å². The molecule has 0 aliphatic carbocycles. The third kappa shape index (κ3) is 3.56. The smallest absolute Gasteiger partial charge is 0.123 e. The van der Waals surface area contributed by atoms with Gasteiger partial charge >= 0.3 is 0 Å². The summed E-state index contributed by atoms with van der Waals surface area (Å²) in [5, 5.41) is 8.89. The van der Waals surface area contributed by atoms with E-state index < -0.39 is 0 Å². The van der Waals surface area contributed by atoms with E-state index in [9.17, 15) is 4.39 Å². The van der Waals surface area contributed by atoms with Gasteiger partial charge in [0.1, 0.15) is 5.82 Å². The summed E-state index contributed by atoms with van der Waals surface area (Å²) in [6, 6.07) is 4.68. The molecule has 0 unspecified atom stereocenters. The van der Waals surface area contributed by atoms with E-state index in [0.29, 0.717) is 19.6 Å². The highest BCUT2D eigenvalue weighted by Crippen LogP contribution is 2.13. The van der Waals surface area contributed by atoms with Gasteiger partial charge in [0.25, 0.3) is 0 Å². The number of aliphatic hydroxyl groups is 1. The Morgan fingerprint density at radius 1 is 1.38 bits per heavy atom. The Hall–Kier alpha value is -0.970. The van der Waals surface area contributed by atoms with E-state index in [0.717, 1.165) is 17.7 Å². The Morgan fingerprint density at radius 2 is 2.12 bits per heavy atom. The molecule has 0 atom stereocenters. The van der Waals surface area contributed by atoms with Crippen LogP contribution in [0.4, 0.5) is 4.39 Å². The number of nitrogens with zero attached hydrogens (tertiary/aromatic N) is 1. The van der Waals surface area contributed by atoms with Gasteiger partial charge in [0.2, 0.25) is 0 Å². The number of hydrogen-bond acceptors (Lipinski definition) is 3. The van der Waals surface area contributed by atoms with Crippen molar-refractivity contribution < 1.29 is 9.50 Å². The average Bonchev–Trinajstić information content (AvgIpc) is 2.30. The molecule has 0 aromatic heterocycles. The van der Waals surface area contributed by atoms with E-state index >= 15 is 0 Å². The Labute approximate surface area is 95.7 Å². The molecule has 90 valence electrons. The van der Waals surface area contributed by atoms with Crippen molar-refractivity contribution in [1.82, 2.24) is 4.90 Å². The Morgan fingerprint density at radius 3 is 2.69 bits per heavy atom. The summed E-state index contributed by atoms with van der Waals surface area (Å²) in [7, 11) is 0. The van der Waals surface area contributed by atoms with Gasteiger partial charge in [-0.25, -0.2) is 4.39 Å². The summed E-state index contributed by atoms with van der Waals surface area (Å²) in [4.78, 5) is 2.09. The first-order chi connectivity index (χ1) is 7.71. The van der Waals surface area contributed by atoms with E-state index in [-0.39, 0.29) is 12.4 Å². The SMILES string of the molecule is CCN(CCO)Cc1ccc(F)cc1CN. The molecule has 3 nitrogen and oxygen atoms in total. The van der Waals surface area contributed by atoms with Crippen LogP contribution < -0.4 is 5.73 Å². The van der Waals surface area contributed by atoms with E-state index in [4.69, 9.17) is 10.8 Å². The van der Waals surface area contributed by atoms with Gasteiger partial charge in [-0.3, -0.25) is 4.90 Å². The number of benzene rings is 1. The van der Waals surface area contributed by atoms with Crippen LogP contribution >= 0.6 is 0 Å². The maximum Gasteiger partial charge on any atom is 0.123 e. The molecule has 0 aliphatic rings. The molecule has 0 fully saturated rings. The first-order valence-electron chi connectivity index (χ1n) is 5.51. The van der Waals surface area contributed by atoms with Gasteiger partial charge in [-0.1, -0.05) is 13.0 Å². The number of nitrogens with two attached hydrogens (primary N) is 1. The summed E-state index contributed by atoms with van der Waals surface area (Å²) < 4.78 is 13.0. The first-order valence-corrected chi connectivity index (χ1v) is 5.51. The minimum Gasteiger partial charge on any atom is -0.395 e. The fraction of sp³-hybridized carbons (Fsp3) is 0.500. The van der Waals surface area contributed by atoms with Crippen molar-refractivity contribution in [2.75, 3.05) is 19.7 Å². The van der Waals surface area contributed by atoms with Crippen LogP contribution in [0.25, 0.3) is 0 Å². The standard InChI is InChI=1S/C12H19FN2O/c1-2-15(5-6-16)9-10-3-4-12(13)7-11(10)8-14/h3-4,7,16H,2,5-6,8-9,14H2,1H3. The lowest BCUT2D eigenvalue weighted by molar-refractivity contribution is 0.196. The second-order valence-electron chi connectivity index (χ2n) is 3.71. The Kier molecular flexibility index (Phi) is 5.38. The molecule has 3 N–H and O–H groups in total. The molecule has 0 amide bonds. The molecule has 1 rings (SSSR count). The number of hydrogen-bond donors (Lipinski definition) is 2. The molecular formula is C12H19FN2O. The van der Waals surface area contributed by atoms with Crippen LogP contribution in [0.5, 0.6) is 0 Å².